The molecule has 7 heteroatoms. The van der Waals surface area contributed by atoms with Gasteiger partial charge in [0.1, 0.15) is 12.2 Å². The molecule has 0 bridgehead atoms. The SMILES string of the molecule is CCc1nncn1CCNC(=NCc1cccs1)NC(C)CCCC(C)C. The van der Waals surface area contributed by atoms with Gasteiger partial charge < -0.3 is 15.2 Å². The number of rotatable bonds is 11. The minimum Gasteiger partial charge on any atom is -0.355 e. The summed E-state index contributed by atoms with van der Waals surface area (Å²) in [4.78, 5) is 6.05. The van der Waals surface area contributed by atoms with Crippen molar-refractivity contribution in [2.75, 3.05) is 6.54 Å². The quantitative estimate of drug-likeness (QED) is 0.452. The number of nitrogens with one attached hydrogen (secondary N) is 2. The van der Waals surface area contributed by atoms with Crippen LogP contribution in [0.3, 0.4) is 0 Å². The average molecular weight is 391 g/mol. The summed E-state index contributed by atoms with van der Waals surface area (Å²) < 4.78 is 2.09. The van der Waals surface area contributed by atoms with Gasteiger partial charge in [0, 0.05) is 30.4 Å². The summed E-state index contributed by atoms with van der Waals surface area (Å²) in [7, 11) is 0. The van der Waals surface area contributed by atoms with Crippen molar-refractivity contribution in [3.05, 3.63) is 34.5 Å². The number of nitrogens with zero attached hydrogens (tertiary/aromatic N) is 4. The van der Waals surface area contributed by atoms with E-state index in [9.17, 15) is 0 Å². The maximum atomic E-state index is 4.78. The molecule has 0 radical (unpaired) electrons. The number of thiophene rings is 1. The number of guanidine groups is 1. The second-order valence-electron chi connectivity index (χ2n) is 7.34. The van der Waals surface area contributed by atoms with Crippen LogP contribution in [0.4, 0.5) is 0 Å². The molecule has 0 aromatic carbocycles. The smallest absolute Gasteiger partial charge is 0.191 e. The van der Waals surface area contributed by atoms with Crippen molar-refractivity contribution in [3.63, 3.8) is 0 Å². The predicted octanol–water partition coefficient (Wildman–Crippen LogP) is 3.85. The lowest BCUT2D eigenvalue weighted by molar-refractivity contribution is 0.490. The Labute approximate surface area is 167 Å². The fourth-order valence-electron chi connectivity index (χ4n) is 2.88. The van der Waals surface area contributed by atoms with Crippen molar-refractivity contribution in [2.45, 2.75) is 72.5 Å². The van der Waals surface area contributed by atoms with E-state index in [-0.39, 0.29) is 0 Å². The fourth-order valence-corrected chi connectivity index (χ4v) is 3.51. The van der Waals surface area contributed by atoms with Gasteiger partial charge in [0.25, 0.3) is 0 Å². The average Bonchev–Trinajstić information content (AvgIpc) is 3.30. The first-order valence-electron chi connectivity index (χ1n) is 10.0. The molecule has 0 aliphatic rings. The van der Waals surface area contributed by atoms with Gasteiger partial charge in [0.05, 0.1) is 6.54 Å². The van der Waals surface area contributed by atoms with Crippen LogP contribution in [0.25, 0.3) is 0 Å². The van der Waals surface area contributed by atoms with E-state index in [1.807, 2.05) is 0 Å². The van der Waals surface area contributed by atoms with Crippen LogP contribution in [0.2, 0.25) is 0 Å². The highest BCUT2D eigenvalue weighted by atomic mass is 32.1. The van der Waals surface area contributed by atoms with Crippen LogP contribution in [0.15, 0.2) is 28.8 Å². The third-order valence-electron chi connectivity index (χ3n) is 4.43. The minimum absolute atomic E-state index is 0.402. The Bertz CT molecular complexity index is 662. The molecular weight excluding hydrogens is 356 g/mol. The molecule has 0 aliphatic heterocycles. The first-order chi connectivity index (χ1) is 13.1. The van der Waals surface area contributed by atoms with Crippen molar-refractivity contribution in [3.8, 4) is 0 Å². The summed E-state index contributed by atoms with van der Waals surface area (Å²) in [6.07, 6.45) is 6.36. The van der Waals surface area contributed by atoms with Gasteiger partial charge in [0.15, 0.2) is 5.96 Å². The topological polar surface area (TPSA) is 67.1 Å². The van der Waals surface area contributed by atoms with E-state index < -0.39 is 0 Å². The van der Waals surface area contributed by atoms with E-state index in [1.165, 1.54) is 17.7 Å². The molecule has 0 spiro atoms. The minimum atomic E-state index is 0.402. The third kappa shape index (κ3) is 8.12. The first kappa shape index (κ1) is 21.4. The molecule has 150 valence electrons. The second-order valence-corrected chi connectivity index (χ2v) is 8.37. The number of aryl methyl sites for hydroxylation is 1. The van der Waals surface area contributed by atoms with Crippen molar-refractivity contribution in [1.82, 2.24) is 25.4 Å². The second kappa shape index (κ2) is 11.7. The highest BCUT2D eigenvalue weighted by Crippen LogP contribution is 2.10. The molecule has 0 amide bonds. The highest BCUT2D eigenvalue weighted by molar-refractivity contribution is 7.09. The van der Waals surface area contributed by atoms with E-state index in [0.29, 0.717) is 12.6 Å². The maximum absolute atomic E-state index is 4.78. The zero-order valence-corrected chi connectivity index (χ0v) is 17.9. The molecule has 2 rings (SSSR count). The van der Waals surface area contributed by atoms with Gasteiger partial charge in [-0.25, -0.2) is 4.99 Å². The Hall–Kier alpha value is -1.89. The van der Waals surface area contributed by atoms with Crippen LogP contribution in [0, 0.1) is 5.92 Å². The molecule has 1 atom stereocenters. The van der Waals surface area contributed by atoms with Crippen LogP contribution in [0.5, 0.6) is 0 Å². The number of hydrogen-bond donors (Lipinski definition) is 2. The summed E-state index contributed by atoms with van der Waals surface area (Å²) in [6, 6.07) is 4.60. The van der Waals surface area contributed by atoms with Crippen molar-refractivity contribution < 1.29 is 0 Å². The molecule has 2 aromatic heterocycles. The Morgan fingerprint density at radius 3 is 2.85 bits per heavy atom. The van der Waals surface area contributed by atoms with Crippen LogP contribution in [-0.2, 0) is 19.5 Å². The summed E-state index contributed by atoms with van der Waals surface area (Å²) >= 11 is 1.74. The maximum Gasteiger partial charge on any atom is 0.191 e. The fraction of sp³-hybridized carbons (Fsp3) is 0.650. The van der Waals surface area contributed by atoms with Crippen LogP contribution in [-0.4, -0.2) is 33.3 Å². The summed E-state index contributed by atoms with van der Waals surface area (Å²) in [5.74, 6) is 2.66. The third-order valence-corrected chi connectivity index (χ3v) is 5.29. The zero-order chi connectivity index (χ0) is 19.5. The van der Waals surface area contributed by atoms with Crippen LogP contribution < -0.4 is 10.6 Å². The van der Waals surface area contributed by atoms with Gasteiger partial charge in [-0.05, 0) is 30.7 Å². The Morgan fingerprint density at radius 2 is 2.15 bits per heavy atom. The zero-order valence-electron chi connectivity index (χ0n) is 17.1. The molecule has 0 fully saturated rings. The van der Waals surface area contributed by atoms with E-state index in [0.717, 1.165) is 43.6 Å². The molecule has 6 nitrogen and oxygen atoms in total. The lowest BCUT2D eigenvalue weighted by Crippen LogP contribution is -2.43. The van der Waals surface area contributed by atoms with Crippen LogP contribution in [0.1, 0.15) is 57.7 Å². The van der Waals surface area contributed by atoms with Gasteiger partial charge in [-0.3, -0.25) is 0 Å². The summed E-state index contributed by atoms with van der Waals surface area (Å²) in [6.45, 7) is 11.2. The normalized spacial score (nSPS) is 13.1. The summed E-state index contributed by atoms with van der Waals surface area (Å²) in [5.41, 5.74) is 0. The van der Waals surface area contributed by atoms with Crippen LogP contribution >= 0.6 is 11.3 Å². The lowest BCUT2D eigenvalue weighted by Gasteiger charge is -2.19. The number of hydrogen-bond acceptors (Lipinski definition) is 4. The lowest BCUT2D eigenvalue weighted by atomic mass is 10.0. The Morgan fingerprint density at radius 1 is 1.30 bits per heavy atom. The molecule has 1 unspecified atom stereocenters. The molecule has 27 heavy (non-hydrogen) atoms. The molecule has 2 heterocycles. The van der Waals surface area contributed by atoms with E-state index in [4.69, 9.17) is 4.99 Å². The van der Waals surface area contributed by atoms with Gasteiger partial charge in [-0.1, -0.05) is 39.7 Å². The van der Waals surface area contributed by atoms with E-state index in [1.54, 1.807) is 17.7 Å². The van der Waals surface area contributed by atoms with Gasteiger partial charge in [-0.15, -0.1) is 21.5 Å². The molecule has 0 saturated carbocycles. The van der Waals surface area contributed by atoms with Gasteiger partial charge in [-0.2, -0.15) is 0 Å². The molecule has 2 N–H and O–H groups in total. The first-order valence-corrected chi connectivity index (χ1v) is 10.9. The Balaban J connectivity index is 1.87. The van der Waals surface area contributed by atoms with E-state index >= 15 is 0 Å². The van der Waals surface area contributed by atoms with Crippen molar-refractivity contribution in [2.24, 2.45) is 10.9 Å². The molecule has 0 saturated heterocycles. The van der Waals surface area contributed by atoms with E-state index in [2.05, 4.69) is 70.6 Å². The van der Waals surface area contributed by atoms with Gasteiger partial charge >= 0.3 is 0 Å². The molecule has 2 aromatic rings. The standard InChI is InChI=1S/C20H34N6S/c1-5-19-25-23-15-26(19)12-11-21-20(22-14-18-10-7-13-27-18)24-17(4)9-6-8-16(2)3/h7,10,13,15-17H,5-6,8-9,11-12,14H2,1-4H3,(H2,21,22,24). The highest BCUT2D eigenvalue weighted by Gasteiger charge is 2.07. The number of aromatic nitrogens is 3. The predicted molar refractivity (Wildman–Crippen MR) is 114 cm³/mol. The van der Waals surface area contributed by atoms with Crippen molar-refractivity contribution >= 4 is 17.3 Å². The van der Waals surface area contributed by atoms with Gasteiger partial charge in [0.2, 0.25) is 0 Å². The Kier molecular flexibility index (Phi) is 9.31. The number of aliphatic imine (C=N–C) groups is 1. The molecule has 0 aliphatic carbocycles. The summed E-state index contributed by atoms with van der Waals surface area (Å²) in [5, 5.41) is 17.3. The van der Waals surface area contributed by atoms with Crippen molar-refractivity contribution in [1.29, 1.82) is 0 Å². The monoisotopic (exact) mass is 390 g/mol. The largest absolute Gasteiger partial charge is 0.355 e. The molecular formula is C20H34N6S.